The molecule has 8 heteroatoms. The molecule has 1 saturated heterocycles. The molecule has 0 spiro atoms. The molecule has 0 saturated carbocycles. The zero-order chi connectivity index (χ0) is 20.5. The molecule has 0 radical (unpaired) electrons. The first-order chi connectivity index (χ1) is 14.7. The third-order valence-electron chi connectivity index (χ3n) is 5.36. The number of rotatable bonds is 4. The van der Waals surface area contributed by atoms with E-state index < -0.39 is 0 Å². The summed E-state index contributed by atoms with van der Waals surface area (Å²) in [7, 11) is 0. The lowest BCUT2D eigenvalue weighted by molar-refractivity contribution is 0.246. The van der Waals surface area contributed by atoms with Crippen LogP contribution in [0.3, 0.4) is 0 Å². The third kappa shape index (κ3) is 3.74. The van der Waals surface area contributed by atoms with Gasteiger partial charge in [0.1, 0.15) is 11.6 Å². The van der Waals surface area contributed by atoms with Gasteiger partial charge < -0.3 is 4.90 Å². The number of benzene rings is 1. The summed E-state index contributed by atoms with van der Waals surface area (Å²) in [6, 6.07) is 13.7. The second-order valence-electron chi connectivity index (χ2n) is 7.45. The molecule has 4 aromatic rings. The zero-order valence-corrected chi connectivity index (χ0v) is 17.5. The van der Waals surface area contributed by atoms with Gasteiger partial charge in [-0.25, -0.2) is 14.6 Å². The number of piperazine rings is 1. The van der Waals surface area contributed by atoms with Crippen molar-refractivity contribution in [3.8, 4) is 5.69 Å². The van der Waals surface area contributed by atoms with E-state index in [9.17, 15) is 0 Å². The molecule has 0 N–H and O–H groups in total. The maximum absolute atomic E-state index is 6.18. The standard InChI is InChI=1S/C22H22ClN7/c1-16-26-21(29-11-9-28(10-12-29)15-18-6-2-3-8-24-18)20-14-25-30(22(20)27-16)19-7-4-5-17(23)13-19/h2-8,13-14H,9-12,15H2,1H3. The van der Waals surface area contributed by atoms with Gasteiger partial charge in [0.25, 0.3) is 0 Å². The van der Waals surface area contributed by atoms with Gasteiger partial charge in [0.2, 0.25) is 0 Å². The largest absolute Gasteiger partial charge is 0.353 e. The van der Waals surface area contributed by atoms with Gasteiger partial charge in [-0.1, -0.05) is 23.7 Å². The topological polar surface area (TPSA) is 63.0 Å². The minimum atomic E-state index is 0.672. The maximum atomic E-state index is 6.18. The highest BCUT2D eigenvalue weighted by Gasteiger charge is 2.22. The monoisotopic (exact) mass is 419 g/mol. The predicted molar refractivity (Wildman–Crippen MR) is 118 cm³/mol. The average Bonchev–Trinajstić information content (AvgIpc) is 3.18. The van der Waals surface area contributed by atoms with E-state index in [0.717, 1.165) is 66.8 Å². The number of halogens is 1. The van der Waals surface area contributed by atoms with Crippen LogP contribution in [0.2, 0.25) is 5.02 Å². The Bertz CT molecular complexity index is 1170. The van der Waals surface area contributed by atoms with Crippen LogP contribution in [0.5, 0.6) is 0 Å². The van der Waals surface area contributed by atoms with E-state index in [1.54, 1.807) is 0 Å². The molecule has 7 nitrogen and oxygen atoms in total. The predicted octanol–water partition coefficient (Wildman–Crippen LogP) is 3.49. The molecule has 0 amide bonds. The molecule has 30 heavy (non-hydrogen) atoms. The second-order valence-corrected chi connectivity index (χ2v) is 7.89. The van der Waals surface area contributed by atoms with Gasteiger partial charge in [-0.15, -0.1) is 0 Å². The molecular formula is C22H22ClN7. The Morgan fingerprint density at radius 3 is 2.63 bits per heavy atom. The van der Waals surface area contributed by atoms with Crippen molar-refractivity contribution in [2.45, 2.75) is 13.5 Å². The van der Waals surface area contributed by atoms with Gasteiger partial charge in [0.05, 0.1) is 23.0 Å². The summed E-state index contributed by atoms with van der Waals surface area (Å²) in [5.41, 5.74) is 2.80. The number of aryl methyl sites for hydroxylation is 1. The fourth-order valence-electron chi connectivity index (χ4n) is 3.88. The summed E-state index contributed by atoms with van der Waals surface area (Å²) < 4.78 is 1.83. The maximum Gasteiger partial charge on any atom is 0.168 e. The Hall–Kier alpha value is -3.03. The number of hydrogen-bond donors (Lipinski definition) is 0. The fourth-order valence-corrected chi connectivity index (χ4v) is 4.06. The summed E-state index contributed by atoms with van der Waals surface area (Å²) in [5.74, 6) is 1.68. The van der Waals surface area contributed by atoms with Crippen LogP contribution in [0.1, 0.15) is 11.5 Å². The lowest BCUT2D eigenvalue weighted by Gasteiger charge is -2.35. The van der Waals surface area contributed by atoms with Crippen molar-refractivity contribution in [1.29, 1.82) is 0 Å². The van der Waals surface area contributed by atoms with Crippen LogP contribution in [0, 0.1) is 6.92 Å². The molecule has 152 valence electrons. The summed E-state index contributed by atoms with van der Waals surface area (Å²) in [6.45, 7) is 6.53. The molecule has 4 heterocycles. The second kappa shape index (κ2) is 8.01. The van der Waals surface area contributed by atoms with E-state index in [-0.39, 0.29) is 0 Å². The Morgan fingerprint density at radius 2 is 1.87 bits per heavy atom. The van der Waals surface area contributed by atoms with Crippen LogP contribution in [0.15, 0.2) is 54.9 Å². The smallest absolute Gasteiger partial charge is 0.168 e. The molecule has 1 aliphatic rings. The van der Waals surface area contributed by atoms with Crippen LogP contribution in [0.25, 0.3) is 16.7 Å². The van der Waals surface area contributed by atoms with Gasteiger partial charge in [-0.05, 0) is 37.3 Å². The lowest BCUT2D eigenvalue weighted by Crippen LogP contribution is -2.46. The molecule has 0 atom stereocenters. The van der Waals surface area contributed by atoms with Gasteiger partial charge in [-0.3, -0.25) is 9.88 Å². The number of fused-ring (bicyclic) bond motifs is 1. The molecule has 0 aliphatic carbocycles. The van der Waals surface area contributed by atoms with Crippen LogP contribution in [-0.4, -0.2) is 55.8 Å². The van der Waals surface area contributed by atoms with Gasteiger partial charge >= 0.3 is 0 Å². The average molecular weight is 420 g/mol. The molecule has 3 aromatic heterocycles. The Morgan fingerprint density at radius 1 is 1.00 bits per heavy atom. The third-order valence-corrected chi connectivity index (χ3v) is 5.59. The van der Waals surface area contributed by atoms with Crippen molar-refractivity contribution >= 4 is 28.5 Å². The SMILES string of the molecule is Cc1nc(N2CCN(Cc3ccccn3)CC2)c2cnn(-c3cccc(Cl)c3)c2n1. The highest BCUT2D eigenvalue weighted by Crippen LogP contribution is 2.27. The van der Waals surface area contributed by atoms with Crippen molar-refractivity contribution in [2.24, 2.45) is 0 Å². The summed E-state index contributed by atoms with van der Waals surface area (Å²) in [5, 5.41) is 6.21. The van der Waals surface area contributed by atoms with E-state index in [4.69, 9.17) is 16.6 Å². The summed E-state index contributed by atoms with van der Waals surface area (Å²) >= 11 is 6.18. The van der Waals surface area contributed by atoms with Crippen molar-refractivity contribution in [3.05, 3.63) is 71.4 Å². The van der Waals surface area contributed by atoms with E-state index >= 15 is 0 Å². The highest BCUT2D eigenvalue weighted by molar-refractivity contribution is 6.30. The van der Waals surface area contributed by atoms with Gasteiger partial charge in [0.15, 0.2) is 5.65 Å². The molecule has 0 unspecified atom stereocenters. The van der Waals surface area contributed by atoms with Gasteiger partial charge in [-0.2, -0.15) is 5.10 Å². The molecule has 5 rings (SSSR count). The molecular weight excluding hydrogens is 398 g/mol. The Balaban J connectivity index is 1.40. The number of aromatic nitrogens is 5. The minimum absolute atomic E-state index is 0.672. The molecule has 1 fully saturated rings. The highest BCUT2D eigenvalue weighted by atomic mass is 35.5. The fraction of sp³-hybridized carbons (Fsp3) is 0.273. The number of anilines is 1. The van der Waals surface area contributed by atoms with E-state index in [1.165, 1.54) is 0 Å². The van der Waals surface area contributed by atoms with Crippen LogP contribution in [0.4, 0.5) is 5.82 Å². The van der Waals surface area contributed by atoms with Crippen LogP contribution in [-0.2, 0) is 6.54 Å². The molecule has 0 bridgehead atoms. The van der Waals surface area contributed by atoms with Crippen molar-refractivity contribution in [3.63, 3.8) is 0 Å². The summed E-state index contributed by atoms with van der Waals surface area (Å²) in [4.78, 5) is 18.6. The lowest BCUT2D eigenvalue weighted by atomic mass is 10.2. The number of nitrogens with zero attached hydrogens (tertiary/aromatic N) is 7. The minimum Gasteiger partial charge on any atom is -0.353 e. The Labute approximate surface area is 180 Å². The zero-order valence-electron chi connectivity index (χ0n) is 16.7. The number of pyridine rings is 1. The van der Waals surface area contributed by atoms with Crippen LogP contribution >= 0.6 is 11.6 Å². The van der Waals surface area contributed by atoms with E-state index in [1.807, 2.05) is 60.4 Å². The normalized spacial score (nSPS) is 15.1. The first-order valence-corrected chi connectivity index (χ1v) is 10.4. The van der Waals surface area contributed by atoms with Crippen LogP contribution < -0.4 is 4.90 Å². The van der Waals surface area contributed by atoms with Crippen molar-refractivity contribution < 1.29 is 0 Å². The van der Waals surface area contributed by atoms with Crippen molar-refractivity contribution in [2.75, 3.05) is 31.1 Å². The first-order valence-electron chi connectivity index (χ1n) is 10.0. The molecule has 1 aliphatic heterocycles. The quantitative estimate of drug-likeness (QED) is 0.504. The van der Waals surface area contributed by atoms with Gasteiger partial charge in [0, 0.05) is 43.9 Å². The summed E-state index contributed by atoms with van der Waals surface area (Å²) in [6.07, 6.45) is 3.70. The first kappa shape index (κ1) is 19.0. The van der Waals surface area contributed by atoms with E-state index in [0.29, 0.717) is 5.02 Å². The van der Waals surface area contributed by atoms with Crippen molar-refractivity contribution in [1.82, 2.24) is 29.6 Å². The number of hydrogen-bond acceptors (Lipinski definition) is 6. The Kier molecular flexibility index (Phi) is 5.06. The molecule has 1 aromatic carbocycles. The van der Waals surface area contributed by atoms with E-state index in [2.05, 4.69) is 30.9 Å².